The zero-order chi connectivity index (χ0) is 19.7. The first-order valence-corrected chi connectivity index (χ1v) is 10.2. The van der Waals surface area contributed by atoms with Gasteiger partial charge in [-0.25, -0.2) is 8.42 Å². The van der Waals surface area contributed by atoms with E-state index >= 15 is 0 Å². The molecule has 1 heterocycles. The summed E-state index contributed by atoms with van der Waals surface area (Å²) in [4.78, 5) is 14.4. The van der Waals surface area contributed by atoms with Gasteiger partial charge in [-0.05, 0) is 30.2 Å². The Kier molecular flexibility index (Phi) is 5.28. The fourth-order valence-electron chi connectivity index (χ4n) is 3.16. The van der Waals surface area contributed by atoms with Gasteiger partial charge in [0.25, 0.3) is 5.91 Å². The van der Waals surface area contributed by atoms with Crippen LogP contribution in [0.4, 0.5) is 13.2 Å². The molecule has 1 aliphatic rings. The average Bonchev–Trinajstić information content (AvgIpc) is 2.99. The highest BCUT2D eigenvalue weighted by molar-refractivity contribution is 7.91. The molecule has 0 saturated carbocycles. The van der Waals surface area contributed by atoms with Gasteiger partial charge in [0.05, 0.1) is 17.1 Å². The van der Waals surface area contributed by atoms with Crippen molar-refractivity contribution in [1.29, 1.82) is 0 Å². The molecular weight excluding hydrogens is 379 g/mol. The summed E-state index contributed by atoms with van der Waals surface area (Å²) < 4.78 is 62.6. The van der Waals surface area contributed by atoms with Crippen molar-refractivity contribution >= 4 is 15.7 Å². The first-order valence-electron chi connectivity index (χ1n) is 8.38. The van der Waals surface area contributed by atoms with Gasteiger partial charge >= 0.3 is 6.18 Å². The smallest absolute Gasteiger partial charge is 0.330 e. The van der Waals surface area contributed by atoms with E-state index in [1.807, 2.05) is 6.07 Å². The number of nitrogens with zero attached hydrogens (tertiary/aromatic N) is 1. The third kappa shape index (κ3) is 4.68. The van der Waals surface area contributed by atoms with E-state index in [1.165, 1.54) is 17.0 Å². The highest BCUT2D eigenvalue weighted by atomic mass is 32.2. The summed E-state index contributed by atoms with van der Waals surface area (Å²) in [7, 11) is -3.25. The number of carbonyl (C=O) groups is 1. The number of sulfone groups is 1. The summed E-state index contributed by atoms with van der Waals surface area (Å²) in [6, 6.07) is 12.6. The van der Waals surface area contributed by atoms with Crippen LogP contribution in [0.5, 0.6) is 0 Å². The first-order chi connectivity index (χ1) is 12.7. The maximum Gasteiger partial charge on any atom is 0.416 e. The van der Waals surface area contributed by atoms with Gasteiger partial charge in [0.1, 0.15) is 0 Å². The van der Waals surface area contributed by atoms with Crippen LogP contribution < -0.4 is 0 Å². The lowest BCUT2D eigenvalue weighted by atomic mass is 10.1. The van der Waals surface area contributed by atoms with Gasteiger partial charge in [-0.3, -0.25) is 4.79 Å². The van der Waals surface area contributed by atoms with E-state index in [-0.39, 0.29) is 30.0 Å². The molecule has 1 fully saturated rings. The Morgan fingerprint density at radius 2 is 1.78 bits per heavy atom. The molecule has 0 aromatic heterocycles. The maximum absolute atomic E-state index is 13.0. The van der Waals surface area contributed by atoms with Crippen molar-refractivity contribution in [3.8, 4) is 0 Å². The quantitative estimate of drug-likeness (QED) is 0.793. The molecule has 0 aliphatic carbocycles. The molecule has 27 heavy (non-hydrogen) atoms. The maximum atomic E-state index is 13.0. The standard InChI is InChI=1S/C19H18F3NO3S/c20-19(21,22)16-8-4-7-15(11-16)18(24)23(12-14-5-2-1-3-6-14)17-9-10-27(25,26)13-17/h1-8,11,17H,9-10,12-13H2/t17-/m0/s1. The molecule has 1 amide bonds. The zero-order valence-corrected chi connectivity index (χ0v) is 15.1. The van der Waals surface area contributed by atoms with Crippen molar-refractivity contribution in [1.82, 2.24) is 4.90 Å². The van der Waals surface area contributed by atoms with Crippen molar-refractivity contribution in [2.75, 3.05) is 11.5 Å². The van der Waals surface area contributed by atoms with Crippen LogP contribution in [0, 0.1) is 0 Å². The molecular formula is C19H18F3NO3S. The van der Waals surface area contributed by atoms with E-state index in [4.69, 9.17) is 0 Å². The van der Waals surface area contributed by atoms with Crippen molar-refractivity contribution in [2.45, 2.75) is 25.2 Å². The van der Waals surface area contributed by atoms with E-state index in [1.54, 1.807) is 24.3 Å². The number of alkyl halides is 3. The largest absolute Gasteiger partial charge is 0.416 e. The highest BCUT2D eigenvalue weighted by Gasteiger charge is 2.36. The van der Waals surface area contributed by atoms with E-state index in [0.29, 0.717) is 0 Å². The van der Waals surface area contributed by atoms with Crippen molar-refractivity contribution in [3.63, 3.8) is 0 Å². The van der Waals surface area contributed by atoms with E-state index in [9.17, 15) is 26.4 Å². The Balaban J connectivity index is 1.93. The number of carbonyl (C=O) groups excluding carboxylic acids is 1. The van der Waals surface area contributed by atoms with E-state index in [0.717, 1.165) is 17.7 Å². The van der Waals surface area contributed by atoms with Crippen LogP contribution in [0.15, 0.2) is 54.6 Å². The average molecular weight is 397 g/mol. The van der Waals surface area contributed by atoms with E-state index < -0.39 is 33.5 Å². The normalized spacial score (nSPS) is 19.0. The number of halogens is 3. The second kappa shape index (κ2) is 7.34. The van der Waals surface area contributed by atoms with Gasteiger partial charge in [-0.15, -0.1) is 0 Å². The van der Waals surface area contributed by atoms with Crippen LogP contribution in [0.3, 0.4) is 0 Å². The minimum Gasteiger partial charge on any atom is -0.330 e. The summed E-state index contributed by atoms with van der Waals surface area (Å²) in [6.07, 6.45) is -4.28. The third-order valence-electron chi connectivity index (χ3n) is 4.54. The van der Waals surface area contributed by atoms with Gasteiger partial charge in [-0.1, -0.05) is 36.4 Å². The summed E-state index contributed by atoms with van der Waals surface area (Å²) in [5.74, 6) is -0.810. The first kappa shape index (κ1) is 19.4. The molecule has 4 nitrogen and oxygen atoms in total. The van der Waals surface area contributed by atoms with Crippen molar-refractivity contribution in [3.05, 3.63) is 71.3 Å². The number of amides is 1. The van der Waals surface area contributed by atoms with Crippen LogP contribution >= 0.6 is 0 Å². The van der Waals surface area contributed by atoms with Crippen LogP contribution in [0.2, 0.25) is 0 Å². The summed E-state index contributed by atoms with van der Waals surface area (Å²) in [6.45, 7) is 0.135. The summed E-state index contributed by atoms with van der Waals surface area (Å²) in [5.41, 5.74) is -0.237. The molecule has 144 valence electrons. The Bertz CT molecular complexity index is 927. The van der Waals surface area contributed by atoms with Gasteiger partial charge in [0.15, 0.2) is 9.84 Å². The SMILES string of the molecule is O=C(c1cccc(C(F)(F)F)c1)N(Cc1ccccc1)[C@H]1CCS(=O)(=O)C1. The number of hydrogen-bond donors (Lipinski definition) is 0. The number of rotatable bonds is 4. The molecule has 1 saturated heterocycles. The molecule has 0 unspecified atom stereocenters. The van der Waals surface area contributed by atoms with E-state index in [2.05, 4.69) is 0 Å². The number of hydrogen-bond acceptors (Lipinski definition) is 3. The Labute approximate surface area is 155 Å². The zero-order valence-electron chi connectivity index (χ0n) is 14.3. The molecule has 1 atom stereocenters. The second-order valence-corrected chi connectivity index (χ2v) is 8.78. The van der Waals surface area contributed by atoms with Crippen LogP contribution in [0.25, 0.3) is 0 Å². The fourth-order valence-corrected chi connectivity index (χ4v) is 4.89. The van der Waals surface area contributed by atoms with Gasteiger partial charge in [-0.2, -0.15) is 13.2 Å². The molecule has 3 rings (SSSR count). The molecule has 2 aromatic carbocycles. The fraction of sp³-hybridized carbons (Fsp3) is 0.316. The Morgan fingerprint density at radius 3 is 2.37 bits per heavy atom. The third-order valence-corrected chi connectivity index (χ3v) is 6.29. The molecule has 0 bridgehead atoms. The predicted molar refractivity (Wildman–Crippen MR) is 94.8 cm³/mol. The van der Waals surface area contributed by atoms with Crippen LogP contribution in [-0.4, -0.2) is 36.8 Å². The lowest BCUT2D eigenvalue weighted by Crippen LogP contribution is -2.40. The molecule has 8 heteroatoms. The second-order valence-electron chi connectivity index (χ2n) is 6.55. The molecule has 2 aromatic rings. The van der Waals surface area contributed by atoms with Crippen LogP contribution in [0.1, 0.15) is 27.9 Å². The van der Waals surface area contributed by atoms with Gasteiger partial charge in [0, 0.05) is 18.2 Å². The molecule has 0 N–H and O–H groups in total. The lowest BCUT2D eigenvalue weighted by molar-refractivity contribution is -0.137. The van der Waals surface area contributed by atoms with Gasteiger partial charge in [0.2, 0.25) is 0 Å². The summed E-state index contributed by atoms with van der Waals surface area (Å²) in [5, 5.41) is 0. The minimum absolute atomic E-state index is 0.0289. The number of benzene rings is 2. The molecule has 0 radical (unpaired) electrons. The van der Waals surface area contributed by atoms with Crippen LogP contribution in [-0.2, 0) is 22.6 Å². The summed E-state index contributed by atoms with van der Waals surface area (Å²) >= 11 is 0. The Hall–Kier alpha value is -2.35. The molecule has 1 aliphatic heterocycles. The Morgan fingerprint density at radius 1 is 1.07 bits per heavy atom. The van der Waals surface area contributed by atoms with Crippen molar-refractivity contribution < 1.29 is 26.4 Å². The highest BCUT2D eigenvalue weighted by Crippen LogP contribution is 2.30. The van der Waals surface area contributed by atoms with Crippen molar-refractivity contribution in [2.24, 2.45) is 0 Å². The lowest BCUT2D eigenvalue weighted by Gasteiger charge is -2.29. The van der Waals surface area contributed by atoms with Gasteiger partial charge < -0.3 is 4.90 Å². The molecule has 0 spiro atoms. The topological polar surface area (TPSA) is 54.5 Å². The minimum atomic E-state index is -4.56. The predicted octanol–water partition coefficient (Wildman–Crippen LogP) is 3.53. The monoisotopic (exact) mass is 397 g/mol.